The molecule has 2 aliphatic rings. The van der Waals surface area contributed by atoms with Crippen LogP contribution in [0.2, 0.25) is 0 Å². The third-order valence-corrected chi connectivity index (χ3v) is 3.41. The average molecular weight is 185 g/mol. The van der Waals surface area contributed by atoms with E-state index in [1.54, 1.807) is 0 Å². The van der Waals surface area contributed by atoms with Gasteiger partial charge in [-0.25, -0.2) is 0 Å². The van der Waals surface area contributed by atoms with Crippen LogP contribution in [0.4, 0.5) is 0 Å². The van der Waals surface area contributed by atoms with Gasteiger partial charge in [0.05, 0.1) is 6.10 Å². The predicted octanol–water partition coefficient (Wildman–Crippen LogP) is 0.214. The van der Waals surface area contributed by atoms with Gasteiger partial charge in [0.2, 0.25) is 0 Å². The van der Waals surface area contributed by atoms with Gasteiger partial charge in [0.15, 0.2) is 0 Å². The van der Waals surface area contributed by atoms with Crippen LogP contribution in [-0.4, -0.2) is 47.0 Å². The molecule has 2 N–H and O–H groups in total. The van der Waals surface area contributed by atoms with Gasteiger partial charge in [0.25, 0.3) is 0 Å². The van der Waals surface area contributed by atoms with Crippen molar-refractivity contribution in [3.05, 3.63) is 0 Å². The molecule has 1 saturated heterocycles. The highest BCUT2D eigenvalue weighted by Crippen LogP contribution is 2.28. The molecule has 2 unspecified atom stereocenters. The second-order valence-corrected chi connectivity index (χ2v) is 4.42. The Bertz CT molecular complexity index is 168. The minimum absolute atomic E-state index is 0.117. The van der Waals surface area contributed by atoms with Crippen molar-refractivity contribution < 1.29 is 10.2 Å². The zero-order valence-electron chi connectivity index (χ0n) is 8.02. The van der Waals surface area contributed by atoms with Crippen molar-refractivity contribution in [2.75, 3.05) is 19.7 Å². The topological polar surface area (TPSA) is 43.7 Å². The Hall–Kier alpha value is -0.120. The van der Waals surface area contributed by atoms with Gasteiger partial charge in [-0.3, -0.25) is 4.90 Å². The van der Waals surface area contributed by atoms with Crippen LogP contribution in [0.15, 0.2) is 0 Å². The van der Waals surface area contributed by atoms with Crippen LogP contribution in [-0.2, 0) is 0 Å². The van der Waals surface area contributed by atoms with Crippen LogP contribution >= 0.6 is 0 Å². The number of aliphatic hydroxyl groups is 2. The number of rotatable bonds is 2. The molecule has 0 amide bonds. The summed E-state index contributed by atoms with van der Waals surface area (Å²) >= 11 is 0. The Labute approximate surface area is 79.4 Å². The van der Waals surface area contributed by atoms with Crippen molar-refractivity contribution in [2.45, 2.75) is 37.8 Å². The molecule has 3 nitrogen and oxygen atoms in total. The van der Waals surface area contributed by atoms with E-state index in [0.717, 1.165) is 25.9 Å². The van der Waals surface area contributed by atoms with Gasteiger partial charge < -0.3 is 10.2 Å². The molecule has 0 radical (unpaired) electrons. The van der Waals surface area contributed by atoms with E-state index in [9.17, 15) is 5.11 Å². The summed E-state index contributed by atoms with van der Waals surface area (Å²) in [5.41, 5.74) is 0. The highest BCUT2D eigenvalue weighted by atomic mass is 16.3. The summed E-state index contributed by atoms with van der Waals surface area (Å²) in [5, 5.41) is 18.6. The van der Waals surface area contributed by atoms with E-state index in [2.05, 4.69) is 4.90 Å². The van der Waals surface area contributed by atoms with Crippen LogP contribution in [0, 0.1) is 5.92 Å². The fraction of sp³-hybridized carbons (Fsp3) is 1.00. The first-order valence-electron chi connectivity index (χ1n) is 5.34. The molecule has 0 spiro atoms. The molecule has 0 aromatic rings. The lowest BCUT2D eigenvalue weighted by atomic mass is 9.87. The molecule has 0 aromatic heterocycles. The lowest BCUT2D eigenvalue weighted by molar-refractivity contribution is -0.0480. The molecule has 1 heterocycles. The van der Waals surface area contributed by atoms with Crippen LogP contribution in [0.25, 0.3) is 0 Å². The number of likely N-dealkylation sites (tertiary alicyclic amines) is 1. The lowest BCUT2D eigenvalue weighted by Crippen LogP contribution is -2.57. The first-order chi connectivity index (χ1) is 6.31. The maximum absolute atomic E-state index is 9.76. The molecule has 0 aromatic carbocycles. The summed E-state index contributed by atoms with van der Waals surface area (Å²) in [4.78, 5) is 2.32. The van der Waals surface area contributed by atoms with E-state index in [1.807, 2.05) is 0 Å². The van der Waals surface area contributed by atoms with Gasteiger partial charge >= 0.3 is 0 Å². The molecule has 2 rings (SSSR count). The molecule has 13 heavy (non-hydrogen) atoms. The summed E-state index contributed by atoms with van der Waals surface area (Å²) in [6.07, 6.45) is 4.41. The monoisotopic (exact) mass is 185 g/mol. The Morgan fingerprint density at radius 2 is 1.85 bits per heavy atom. The third kappa shape index (κ3) is 1.87. The van der Waals surface area contributed by atoms with Crippen LogP contribution in [0.5, 0.6) is 0 Å². The van der Waals surface area contributed by atoms with Crippen molar-refractivity contribution in [3.8, 4) is 0 Å². The number of aliphatic hydroxyl groups excluding tert-OH is 2. The molecule has 76 valence electrons. The van der Waals surface area contributed by atoms with E-state index < -0.39 is 0 Å². The third-order valence-electron chi connectivity index (χ3n) is 3.41. The van der Waals surface area contributed by atoms with Gasteiger partial charge in [-0.05, 0) is 12.8 Å². The SMILES string of the molecule is OCC1CN(C2CCCCC2O)C1. The first kappa shape index (κ1) is 9.44. The van der Waals surface area contributed by atoms with E-state index >= 15 is 0 Å². The normalized spacial score (nSPS) is 37.4. The van der Waals surface area contributed by atoms with Crippen molar-refractivity contribution in [1.82, 2.24) is 4.90 Å². The Balaban J connectivity index is 1.80. The highest BCUT2D eigenvalue weighted by molar-refractivity contribution is 4.90. The largest absolute Gasteiger partial charge is 0.396 e. The predicted molar refractivity (Wildman–Crippen MR) is 50.4 cm³/mol. The quantitative estimate of drug-likeness (QED) is 0.646. The summed E-state index contributed by atoms with van der Waals surface area (Å²) in [5.74, 6) is 0.467. The molecule has 1 aliphatic carbocycles. The number of hydrogen-bond donors (Lipinski definition) is 2. The van der Waals surface area contributed by atoms with Gasteiger partial charge in [-0.2, -0.15) is 0 Å². The highest BCUT2D eigenvalue weighted by Gasteiger charge is 2.36. The smallest absolute Gasteiger partial charge is 0.0695 e. The van der Waals surface area contributed by atoms with E-state index in [-0.39, 0.29) is 6.10 Å². The minimum Gasteiger partial charge on any atom is -0.396 e. The fourth-order valence-electron chi connectivity index (χ4n) is 2.51. The van der Waals surface area contributed by atoms with Crippen molar-refractivity contribution in [3.63, 3.8) is 0 Å². The molecule has 2 atom stereocenters. The van der Waals surface area contributed by atoms with Gasteiger partial charge in [0.1, 0.15) is 0 Å². The summed E-state index contributed by atoms with van der Waals surface area (Å²) in [6, 6.07) is 0.386. The second-order valence-electron chi connectivity index (χ2n) is 4.42. The van der Waals surface area contributed by atoms with E-state index in [0.29, 0.717) is 18.6 Å². The molecule has 1 saturated carbocycles. The molecule has 2 fully saturated rings. The minimum atomic E-state index is -0.117. The zero-order valence-corrected chi connectivity index (χ0v) is 8.02. The molecule has 0 bridgehead atoms. The summed E-state index contributed by atoms with van der Waals surface area (Å²) in [7, 11) is 0. The van der Waals surface area contributed by atoms with E-state index in [4.69, 9.17) is 5.11 Å². The Morgan fingerprint density at radius 1 is 1.15 bits per heavy atom. The maximum atomic E-state index is 9.76. The van der Waals surface area contributed by atoms with Gasteiger partial charge in [-0.15, -0.1) is 0 Å². The molecular weight excluding hydrogens is 166 g/mol. The van der Waals surface area contributed by atoms with Crippen LogP contribution < -0.4 is 0 Å². The summed E-state index contributed by atoms with van der Waals surface area (Å²) < 4.78 is 0. The van der Waals surface area contributed by atoms with Crippen molar-refractivity contribution >= 4 is 0 Å². The van der Waals surface area contributed by atoms with Crippen molar-refractivity contribution in [1.29, 1.82) is 0 Å². The zero-order chi connectivity index (χ0) is 9.26. The second kappa shape index (κ2) is 3.95. The lowest BCUT2D eigenvalue weighted by Gasteiger charge is -2.46. The summed E-state index contributed by atoms with van der Waals surface area (Å²) in [6.45, 7) is 2.27. The van der Waals surface area contributed by atoms with E-state index in [1.165, 1.54) is 12.8 Å². The number of hydrogen-bond acceptors (Lipinski definition) is 3. The first-order valence-corrected chi connectivity index (χ1v) is 5.34. The standard InChI is InChI=1S/C10H19NO2/c12-7-8-5-11(6-8)9-3-1-2-4-10(9)13/h8-10,12-13H,1-7H2. The fourth-order valence-corrected chi connectivity index (χ4v) is 2.51. The van der Waals surface area contributed by atoms with Gasteiger partial charge in [-0.1, -0.05) is 12.8 Å². The molecule has 1 aliphatic heterocycles. The van der Waals surface area contributed by atoms with Crippen LogP contribution in [0.3, 0.4) is 0 Å². The van der Waals surface area contributed by atoms with Crippen LogP contribution in [0.1, 0.15) is 25.7 Å². The molecular formula is C10H19NO2. The van der Waals surface area contributed by atoms with Crippen molar-refractivity contribution in [2.24, 2.45) is 5.92 Å². The average Bonchev–Trinajstić information content (AvgIpc) is 2.06. The van der Waals surface area contributed by atoms with Gasteiger partial charge in [0, 0.05) is 31.7 Å². The maximum Gasteiger partial charge on any atom is 0.0695 e. The Kier molecular flexibility index (Phi) is 2.86. The molecule has 3 heteroatoms. The number of nitrogens with zero attached hydrogens (tertiary/aromatic N) is 1. The Morgan fingerprint density at radius 3 is 2.46 bits per heavy atom.